The number of hydrogen-bond donors (Lipinski definition) is 1. The first-order valence-corrected chi connectivity index (χ1v) is 3.82. The maximum atomic E-state index is 10.4. The van der Waals surface area contributed by atoms with Gasteiger partial charge in [0.1, 0.15) is 0 Å². The molecule has 0 unspecified atom stereocenters. The van der Waals surface area contributed by atoms with Crippen LogP contribution in [-0.4, -0.2) is 11.1 Å². The molecule has 0 saturated carbocycles. The average molecular weight is 144 g/mol. The lowest BCUT2D eigenvalue weighted by Gasteiger charge is -2.13. The monoisotopic (exact) mass is 144 g/mol. The van der Waals surface area contributed by atoms with Gasteiger partial charge in [-0.1, -0.05) is 33.6 Å². The molecular formula is C8H16O2. The van der Waals surface area contributed by atoms with Crippen LogP contribution in [0.25, 0.3) is 0 Å². The highest BCUT2D eigenvalue weighted by Gasteiger charge is 2.17. The molecule has 1 N–H and O–H groups in total. The third-order valence-corrected chi connectivity index (χ3v) is 1.99. The molecule has 0 aliphatic heterocycles. The summed E-state index contributed by atoms with van der Waals surface area (Å²) in [5.41, 5.74) is 0. The zero-order chi connectivity index (χ0) is 8.15. The first-order valence-electron chi connectivity index (χ1n) is 3.82. The molecule has 0 saturated heterocycles. The fourth-order valence-electron chi connectivity index (χ4n) is 0.949. The molecule has 0 aromatic rings. The molecule has 0 spiro atoms. The Hall–Kier alpha value is -0.530. The quantitative estimate of drug-likeness (QED) is 0.656. The van der Waals surface area contributed by atoms with E-state index < -0.39 is 5.97 Å². The van der Waals surface area contributed by atoms with Gasteiger partial charge in [-0.05, 0) is 5.92 Å². The van der Waals surface area contributed by atoms with Crippen molar-refractivity contribution in [1.82, 2.24) is 0 Å². The van der Waals surface area contributed by atoms with Gasteiger partial charge in [0, 0.05) is 0 Å². The van der Waals surface area contributed by atoms with Gasteiger partial charge in [0.15, 0.2) is 0 Å². The van der Waals surface area contributed by atoms with E-state index in [1.807, 2.05) is 6.92 Å². The number of carboxylic acids is 1. The van der Waals surface area contributed by atoms with E-state index in [4.69, 9.17) is 5.11 Å². The number of carboxylic acid groups (broad SMARTS) is 1. The van der Waals surface area contributed by atoms with E-state index in [9.17, 15) is 4.79 Å². The minimum Gasteiger partial charge on any atom is -0.481 e. The topological polar surface area (TPSA) is 37.3 Å². The summed E-state index contributed by atoms with van der Waals surface area (Å²) in [5.74, 6) is -0.566. The molecule has 60 valence electrons. The summed E-state index contributed by atoms with van der Waals surface area (Å²) >= 11 is 0. The normalized spacial score (nSPS) is 16.3. The van der Waals surface area contributed by atoms with E-state index in [2.05, 4.69) is 6.92 Å². The van der Waals surface area contributed by atoms with Crippen LogP contribution in [0.15, 0.2) is 0 Å². The Labute approximate surface area is 62.2 Å². The highest BCUT2D eigenvalue weighted by atomic mass is 16.4. The van der Waals surface area contributed by atoms with Gasteiger partial charge in [0.05, 0.1) is 5.92 Å². The number of aliphatic carboxylic acids is 1. The summed E-state index contributed by atoms with van der Waals surface area (Å²) in [4.78, 5) is 10.4. The Morgan fingerprint density at radius 3 is 2.30 bits per heavy atom. The minimum atomic E-state index is -0.680. The summed E-state index contributed by atoms with van der Waals surface area (Å²) in [7, 11) is 0. The van der Waals surface area contributed by atoms with E-state index in [0.29, 0.717) is 5.92 Å². The second-order valence-electron chi connectivity index (χ2n) is 2.89. The molecule has 0 rings (SSSR count). The Morgan fingerprint density at radius 2 is 2.00 bits per heavy atom. The van der Waals surface area contributed by atoms with Crippen LogP contribution in [0, 0.1) is 11.8 Å². The van der Waals surface area contributed by atoms with Gasteiger partial charge in [0.2, 0.25) is 0 Å². The predicted octanol–water partition coefficient (Wildman–Crippen LogP) is 2.14. The number of hydrogen-bond acceptors (Lipinski definition) is 1. The summed E-state index contributed by atoms with van der Waals surface area (Å²) in [6.45, 7) is 5.83. The third kappa shape index (κ3) is 2.85. The largest absolute Gasteiger partial charge is 0.481 e. The molecule has 0 amide bonds. The van der Waals surface area contributed by atoms with Crippen molar-refractivity contribution >= 4 is 5.97 Å². The maximum absolute atomic E-state index is 10.4. The lowest BCUT2D eigenvalue weighted by atomic mass is 9.92. The molecule has 10 heavy (non-hydrogen) atoms. The first kappa shape index (κ1) is 9.47. The van der Waals surface area contributed by atoms with Crippen LogP contribution >= 0.6 is 0 Å². The van der Waals surface area contributed by atoms with Gasteiger partial charge >= 0.3 is 5.97 Å². The zero-order valence-electron chi connectivity index (χ0n) is 6.92. The maximum Gasteiger partial charge on any atom is 0.306 e. The molecule has 0 aromatic carbocycles. The van der Waals surface area contributed by atoms with Crippen molar-refractivity contribution in [2.45, 2.75) is 33.6 Å². The highest BCUT2D eigenvalue weighted by molar-refractivity contribution is 5.69. The molecule has 0 aromatic heterocycles. The second-order valence-corrected chi connectivity index (χ2v) is 2.89. The third-order valence-electron chi connectivity index (χ3n) is 1.99. The van der Waals surface area contributed by atoms with Gasteiger partial charge in [-0.3, -0.25) is 4.79 Å². The van der Waals surface area contributed by atoms with Crippen molar-refractivity contribution in [2.24, 2.45) is 11.8 Å². The van der Waals surface area contributed by atoms with E-state index in [-0.39, 0.29) is 5.92 Å². The van der Waals surface area contributed by atoms with Gasteiger partial charge in [0.25, 0.3) is 0 Å². The van der Waals surface area contributed by atoms with Crippen LogP contribution < -0.4 is 0 Å². The molecule has 0 radical (unpaired) electrons. The molecule has 0 fully saturated rings. The first-order chi connectivity index (χ1) is 4.59. The Morgan fingerprint density at radius 1 is 1.50 bits per heavy atom. The van der Waals surface area contributed by atoms with Crippen LogP contribution in [0.3, 0.4) is 0 Å². The molecule has 2 heteroatoms. The van der Waals surface area contributed by atoms with Crippen LogP contribution in [-0.2, 0) is 4.79 Å². The Bertz CT molecular complexity index is 110. The van der Waals surface area contributed by atoms with E-state index in [1.165, 1.54) is 0 Å². The highest BCUT2D eigenvalue weighted by Crippen LogP contribution is 2.16. The van der Waals surface area contributed by atoms with Crippen LogP contribution in [0.2, 0.25) is 0 Å². The van der Waals surface area contributed by atoms with E-state index in [0.717, 1.165) is 12.8 Å². The van der Waals surface area contributed by atoms with Gasteiger partial charge in [-0.25, -0.2) is 0 Å². The zero-order valence-corrected chi connectivity index (χ0v) is 6.92. The summed E-state index contributed by atoms with van der Waals surface area (Å²) in [6.07, 6.45) is 2.08. The van der Waals surface area contributed by atoms with Crippen molar-refractivity contribution < 1.29 is 9.90 Å². The fraction of sp³-hybridized carbons (Fsp3) is 0.875. The van der Waals surface area contributed by atoms with Crippen molar-refractivity contribution in [2.75, 3.05) is 0 Å². The second kappa shape index (κ2) is 4.31. The molecular weight excluding hydrogens is 128 g/mol. The summed E-state index contributed by atoms with van der Waals surface area (Å²) in [6, 6.07) is 0. The van der Waals surface area contributed by atoms with Crippen LogP contribution in [0.1, 0.15) is 33.6 Å². The molecule has 0 heterocycles. The fourth-order valence-corrected chi connectivity index (χ4v) is 0.949. The molecule has 2 atom stereocenters. The van der Waals surface area contributed by atoms with E-state index >= 15 is 0 Å². The van der Waals surface area contributed by atoms with Gasteiger partial charge < -0.3 is 5.11 Å². The SMILES string of the molecule is CCC[C@@H](C)[C@@H](C)C(=O)O. The smallest absolute Gasteiger partial charge is 0.306 e. The van der Waals surface area contributed by atoms with E-state index in [1.54, 1.807) is 6.92 Å². The number of carbonyl (C=O) groups is 1. The summed E-state index contributed by atoms with van der Waals surface area (Å²) < 4.78 is 0. The Balaban J connectivity index is 3.69. The van der Waals surface area contributed by atoms with Crippen LogP contribution in [0.4, 0.5) is 0 Å². The van der Waals surface area contributed by atoms with Crippen molar-refractivity contribution in [3.05, 3.63) is 0 Å². The van der Waals surface area contributed by atoms with Gasteiger partial charge in [-0.15, -0.1) is 0 Å². The van der Waals surface area contributed by atoms with Gasteiger partial charge in [-0.2, -0.15) is 0 Å². The van der Waals surface area contributed by atoms with Crippen molar-refractivity contribution in [3.8, 4) is 0 Å². The predicted molar refractivity (Wildman–Crippen MR) is 40.9 cm³/mol. The molecule has 0 aliphatic rings. The standard InChI is InChI=1S/C8H16O2/c1-4-5-6(2)7(3)8(9)10/h6-7H,4-5H2,1-3H3,(H,9,10)/t6-,7-/m1/s1. The lowest BCUT2D eigenvalue weighted by molar-refractivity contribution is -0.142. The Kier molecular flexibility index (Phi) is 4.08. The van der Waals surface area contributed by atoms with Crippen molar-refractivity contribution in [1.29, 1.82) is 0 Å². The molecule has 0 bridgehead atoms. The van der Waals surface area contributed by atoms with Crippen LogP contribution in [0.5, 0.6) is 0 Å². The summed E-state index contributed by atoms with van der Waals surface area (Å²) in [5, 5.41) is 8.58. The molecule has 2 nitrogen and oxygen atoms in total. The minimum absolute atomic E-state index is 0.194. The number of rotatable bonds is 4. The van der Waals surface area contributed by atoms with Crippen molar-refractivity contribution in [3.63, 3.8) is 0 Å². The molecule has 0 aliphatic carbocycles. The lowest BCUT2D eigenvalue weighted by Crippen LogP contribution is -2.17. The average Bonchev–Trinajstić information content (AvgIpc) is 1.87.